The number of hydrogen-bond donors (Lipinski definition) is 4. The van der Waals surface area contributed by atoms with Gasteiger partial charge >= 0.3 is 52.9 Å². The highest BCUT2D eigenvalue weighted by Crippen LogP contribution is 2.42. The van der Waals surface area contributed by atoms with Crippen molar-refractivity contribution in [3.8, 4) is 0 Å². The van der Waals surface area contributed by atoms with Gasteiger partial charge in [0.05, 0.1) is 44.3 Å². The maximum atomic E-state index is 13.2. The van der Waals surface area contributed by atoms with Crippen molar-refractivity contribution < 1.29 is 110 Å². The Balaban J connectivity index is 0.000000197. The number of unbranched alkanes of at least 4 members (excludes halogenated alkanes) is 4. The number of fused-ring (bicyclic) bond motifs is 6. The minimum atomic E-state index is -5.11. The van der Waals surface area contributed by atoms with E-state index in [1.807, 2.05) is 62.3 Å². The molecule has 0 radical (unpaired) electrons. The van der Waals surface area contributed by atoms with Gasteiger partial charge in [-0.15, -0.1) is 34.9 Å². The molecule has 9 aliphatic heterocycles. The molecular formula is C81H139N19O23S2. The lowest BCUT2D eigenvalue weighted by Crippen LogP contribution is -2.51. The van der Waals surface area contributed by atoms with Gasteiger partial charge in [-0.3, -0.25) is 9.76 Å². The van der Waals surface area contributed by atoms with E-state index in [1.54, 1.807) is 45.3 Å². The predicted molar refractivity (Wildman–Crippen MR) is 449 cm³/mol. The van der Waals surface area contributed by atoms with Crippen LogP contribution >= 0.6 is 0 Å². The number of likely N-dealkylation sites (tertiary alicyclic amines) is 2. The molecule has 42 nitrogen and oxygen atoms in total. The molecule has 3 aromatic rings. The number of carbonyl (C=O) groups excluding carboxylic acids is 7. The number of rotatable bonds is 31. The summed E-state index contributed by atoms with van der Waals surface area (Å²) < 4.78 is 114. The van der Waals surface area contributed by atoms with Crippen molar-refractivity contribution in [3.63, 3.8) is 0 Å². The summed E-state index contributed by atoms with van der Waals surface area (Å²) >= 11 is 0. The van der Waals surface area contributed by atoms with Gasteiger partial charge in [-0.25, -0.2) is 47.0 Å². The zero-order valence-corrected chi connectivity index (χ0v) is 77.8. The number of ether oxygens (including phenoxy) is 4. The molecule has 708 valence electrons. The van der Waals surface area contributed by atoms with E-state index in [0.29, 0.717) is 156 Å². The van der Waals surface area contributed by atoms with Crippen molar-refractivity contribution in [2.75, 3.05) is 105 Å². The Morgan fingerprint density at radius 3 is 1.18 bits per heavy atom. The normalized spacial score (nSPS) is 21.8. The minimum absolute atomic E-state index is 0.126. The standard InChI is InChI=1S/C25H40N6O10S.C25H40N6O7.C16H36N.C15H24N6O6S/c1-24(2,3)39-22(33)28-12-9-16(10-13-28)29(23(34)40-25(4,5)6)14-11-19-26-27-20(38-19)18-8-7-17-15-30(18)21(32)31(17)41-42(35,36)37;1-24(2,3)37-22(33)28-12-9-16(10-13-28)29(23(34)38-25(4,5)6)14-11-19-26-27-20(36-19)18-8-7-17-15-30(18)21(32)31(17)35;1-5-9-13-17(14-10-6-2,15-11-7-3)16-12-8-4;22-15-20-9-11(21(15)27-28(23,24)25)1-2-12(20)14-19-18-13(26-14)5-8-17-10-3-6-16-7-4-10/h16-18H,7-15H2,1-6H3,(H,35,36,37);16-18,35H,7-15H2,1-6H3;5-16H2,1-4H3;10-12,16-17H,1-9H2,(H,23,24,25)/q;;+1;/p-1/t2*17-,18+;;11-,12+/m11.1/s1. The van der Waals surface area contributed by atoms with Crippen LogP contribution in [0.25, 0.3) is 0 Å². The van der Waals surface area contributed by atoms with Gasteiger partial charge in [-0.1, -0.05) is 53.4 Å². The highest BCUT2D eigenvalue weighted by Gasteiger charge is 2.52. The van der Waals surface area contributed by atoms with E-state index in [1.165, 1.54) is 91.8 Å². The first kappa shape index (κ1) is 101. The highest BCUT2D eigenvalue weighted by molar-refractivity contribution is 7.81. The number of aromatic nitrogens is 6. The largest absolute Gasteiger partial charge is 0.724 e. The highest BCUT2D eigenvalue weighted by atomic mass is 32.3. The molecule has 0 spiro atoms. The van der Waals surface area contributed by atoms with Gasteiger partial charge in [0.25, 0.3) is 0 Å². The van der Waals surface area contributed by atoms with Crippen LogP contribution < -0.4 is 10.6 Å². The second kappa shape index (κ2) is 44.3. The number of quaternary nitrogens is 1. The van der Waals surface area contributed by atoms with Crippen LogP contribution in [0.3, 0.4) is 0 Å². The molecule has 10 amide bonds. The van der Waals surface area contributed by atoms with Crippen LogP contribution in [0.1, 0.15) is 293 Å². The van der Waals surface area contributed by atoms with Crippen molar-refractivity contribution in [2.24, 2.45) is 0 Å². The van der Waals surface area contributed by atoms with E-state index in [4.69, 9.17) is 36.8 Å². The summed E-state index contributed by atoms with van der Waals surface area (Å²) in [4.78, 5) is 99.7. The lowest BCUT2D eigenvalue weighted by Gasteiger charge is -2.39. The molecule has 0 aromatic carbocycles. The molecule has 0 aliphatic carbocycles. The maximum absolute atomic E-state index is 13.2. The molecule has 0 saturated carbocycles. The fourth-order valence-electron chi connectivity index (χ4n) is 16.9. The first-order chi connectivity index (χ1) is 58.8. The van der Waals surface area contributed by atoms with E-state index >= 15 is 0 Å². The molecule has 0 unspecified atom stereocenters. The Labute approximate surface area is 735 Å². The molecule has 3 aromatic heterocycles. The molecule has 6 bridgehead atoms. The molecular weight excluding hydrogens is 1670 g/mol. The fraction of sp³-hybridized carbons (Fsp3) is 0.840. The second-order valence-electron chi connectivity index (χ2n) is 37.8. The maximum Gasteiger partial charge on any atom is 0.418 e. The summed E-state index contributed by atoms with van der Waals surface area (Å²) in [6.07, 6.45) is 18.0. The van der Waals surface area contributed by atoms with Crippen molar-refractivity contribution in [3.05, 3.63) is 35.3 Å². The summed E-state index contributed by atoms with van der Waals surface area (Å²) in [6.45, 7) is 42.7. The van der Waals surface area contributed by atoms with E-state index in [0.717, 1.165) is 37.5 Å². The van der Waals surface area contributed by atoms with Crippen molar-refractivity contribution >= 4 is 63.3 Å². The summed E-state index contributed by atoms with van der Waals surface area (Å²) in [5.41, 5.74) is -2.55. The molecule has 12 rings (SSSR count). The smallest absolute Gasteiger partial charge is 0.418 e. The summed E-state index contributed by atoms with van der Waals surface area (Å²) in [7, 11) is -9.87. The molecule has 4 N–H and O–H groups in total. The van der Waals surface area contributed by atoms with Gasteiger partial charge in [0.2, 0.25) is 45.7 Å². The van der Waals surface area contributed by atoms with Crippen LogP contribution in [0, 0.1) is 0 Å². The van der Waals surface area contributed by atoms with Crippen LogP contribution in [0.2, 0.25) is 0 Å². The number of amides is 10. The van der Waals surface area contributed by atoms with Crippen molar-refractivity contribution in [1.82, 2.24) is 90.7 Å². The number of hydrogen-bond acceptors (Lipinski definition) is 30. The third-order valence-corrected chi connectivity index (χ3v) is 23.9. The molecule has 6 atom stereocenters. The predicted octanol–water partition coefficient (Wildman–Crippen LogP) is 10.8. The Morgan fingerprint density at radius 1 is 0.488 bits per heavy atom. The number of piperidine rings is 6. The summed E-state index contributed by atoms with van der Waals surface area (Å²) in [5.74, 6) is 1.92. The van der Waals surface area contributed by atoms with Gasteiger partial charge in [0, 0.05) is 103 Å². The van der Waals surface area contributed by atoms with Gasteiger partial charge in [-0.2, -0.15) is 22.8 Å². The first-order valence-corrected chi connectivity index (χ1v) is 47.5. The SMILES string of the molecule is CC(C)(C)OC(=O)N1CCC(N(CCc2nnc([C@@H]3CC[C@@H]4CN3C(=O)N4O)o2)C(=O)OC(C)(C)C)CC1.CC(C)(C)OC(=O)N1CCC(N(CCc2nnc([C@@H]3CC[C@@H]4CN3C(=O)N4OS(=O)(=O)[O-])o2)C(=O)OC(C)(C)C)CC1.CCCC[N+](CCCC)(CCCC)CCCC.O=C1N2C[C@@H](CC[C@H]2c2nnc(CCNC3CCNCC3)o2)N1OS(=O)(=O)O. The van der Waals surface area contributed by atoms with E-state index in [2.05, 4.69) is 77.5 Å². The molecule has 12 heterocycles. The lowest BCUT2D eigenvalue weighted by atomic mass is 10.0. The Kier molecular flexibility index (Phi) is 35.6. The van der Waals surface area contributed by atoms with Crippen LogP contribution in [0.4, 0.5) is 33.6 Å². The zero-order chi connectivity index (χ0) is 91.6. The average molecular weight is 1810 g/mol. The van der Waals surface area contributed by atoms with Crippen LogP contribution in [0.15, 0.2) is 13.3 Å². The number of hydroxylamine groups is 6. The average Bonchev–Trinajstić information content (AvgIpc) is 1.64. The molecule has 9 fully saturated rings. The lowest BCUT2D eigenvalue weighted by molar-refractivity contribution is -0.929. The quantitative estimate of drug-likeness (QED) is 0.0153. The van der Waals surface area contributed by atoms with Crippen molar-refractivity contribution in [2.45, 2.75) is 335 Å². The monoisotopic (exact) mass is 1810 g/mol. The Bertz CT molecular complexity index is 4180. The van der Waals surface area contributed by atoms with Crippen molar-refractivity contribution in [1.29, 1.82) is 0 Å². The zero-order valence-electron chi connectivity index (χ0n) is 76.2. The van der Waals surface area contributed by atoms with Crippen LogP contribution in [-0.4, -0.2) is 322 Å². The second-order valence-corrected chi connectivity index (χ2v) is 39.7. The van der Waals surface area contributed by atoms with Crippen LogP contribution in [-0.2, 0) is 67.6 Å². The molecule has 125 heavy (non-hydrogen) atoms. The Hall–Kier alpha value is -8.11. The van der Waals surface area contributed by atoms with Gasteiger partial charge < -0.3 is 86.2 Å². The number of carbonyl (C=O) groups is 7. The first-order valence-electron chi connectivity index (χ1n) is 44.8. The third-order valence-electron chi connectivity index (χ3n) is 23.2. The minimum Gasteiger partial charge on any atom is -0.724 e. The van der Waals surface area contributed by atoms with Gasteiger partial charge in [0.15, 0.2) is 0 Å². The van der Waals surface area contributed by atoms with E-state index in [-0.39, 0.29) is 68.1 Å². The Morgan fingerprint density at radius 2 is 0.832 bits per heavy atom. The van der Waals surface area contributed by atoms with Gasteiger partial charge in [-0.05, 0) is 199 Å². The third kappa shape index (κ3) is 30.0. The number of nitrogens with one attached hydrogen (secondary N) is 2. The van der Waals surface area contributed by atoms with E-state index in [9.17, 15) is 60.2 Å². The summed E-state index contributed by atoms with van der Waals surface area (Å²) in [5, 5.41) is 43.5. The molecule has 9 saturated heterocycles. The summed E-state index contributed by atoms with van der Waals surface area (Å²) in [6, 6.07) is -4.34. The van der Waals surface area contributed by atoms with Crippen LogP contribution in [0.5, 0.6) is 0 Å². The fourth-order valence-corrected chi connectivity index (χ4v) is 17.7. The number of nitrogens with zero attached hydrogens (tertiary/aromatic N) is 17. The van der Waals surface area contributed by atoms with Gasteiger partial charge in [0.1, 0.15) is 40.5 Å². The topological polar surface area (TPSA) is 480 Å². The number of urea groups is 3. The molecule has 44 heteroatoms. The van der Waals surface area contributed by atoms with E-state index < -0.39 is 104 Å². The molecule has 9 aliphatic rings.